The molecule has 8 heteroatoms. The maximum absolute atomic E-state index is 11.9. The van der Waals surface area contributed by atoms with Crippen molar-refractivity contribution in [3.05, 3.63) is 36.8 Å². The third-order valence-electron chi connectivity index (χ3n) is 3.76. The fourth-order valence-corrected chi connectivity index (χ4v) is 2.65. The van der Waals surface area contributed by atoms with Gasteiger partial charge in [0.05, 0.1) is 32.1 Å². The highest BCUT2D eigenvalue weighted by molar-refractivity contribution is 5.88. The predicted molar refractivity (Wildman–Crippen MR) is 103 cm³/mol. The molecule has 0 fully saturated rings. The van der Waals surface area contributed by atoms with E-state index in [1.807, 2.05) is 26.8 Å². The van der Waals surface area contributed by atoms with E-state index >= 15 is 0 Å². The molecule has 0 spiro atoms. The molecule has 1 aromatic carbocycles. The lowest BCUT2D eigenvalue weighted by molar-refractivity contribution is -0.155. The van der Waals surface area contributed by atoms with Gasteiger partial charge in [-0.05, 0) is 32.9 Å². The van der Waals surface area contributed by atoms with Crippen molar-refractivity contribution in [2.45, 2.75) is 32.9 Å². The maximum Gasteiger partial charge on any atom is 0.328 e. The Labute approximate surface area is 163 Å². The molecule has 0 aliphatic rings. The second kappa shape index (κ2) is 7.75. The Morgan fingerprint density at radius 3 is 2.50 bits per heavy atom. The maximum atomic E-state index is 11.9. The van der Waals surface area contributed by atoms with Crippen molar-refractivity contribution in [2.24, 2.45) is 0 Å². The fourth-order valence-electron chi connectivity index (χ4n) is 2.65. The van der Waals surface area contributed by atoms with Crippen molar-refractivity contribution in [1.82, 2.24) is 14.8 Å². The van der Waals surface area contributed by atoms with Crippen LogP contribution in [-0.2, 0) is 16.1 Å². The van der Waals surface area contributed by atoms with Gasteiger partial charge in [0.25, 0.3) is 0 Å². The van der Waals surface area contributed by atoms with E-state index < -0.39 is 5.60 Å². The number of nitrogens with zero attached hydrogens (tertiary/aromatic N) is 3. The molecule has 0 amide bonds. The zero-order chi connectivity index (χ0) is 20.3. The summed E-state index contributed by atoms with van der Waals surface area (Å²) in [5.74, 6) is 1.88. The SMILES string of the molecule is COc1cc2nccc(Oc3cnn(CC(=O)OC(C)(C)C)c3)c2cc1OC. The molecule has 3 rings (SSSR count). The molecule has 0 radical (unpaired) electrons. The molecule has 3 aromatic rings. The summed E-state index contributed by atoms with van der Waals surface area (Å²) in [5.41, 5.74) is 0.163. The monoisotopic (exact) mass is 385 g/mol. The first-order valence-electron chi connectivity index (χ1n) is 8.72. The van der Waals surface area contributed by atoms with Crippen LogP contribution in [0.15, 0.2) is 36.8 Å². The quantitative estimate of drug-likeness (QED) is 0.600. The minimum absolute atomic E-state index is 0.00272. The second-order valence-electron chi connectivity index (χ2n) is 7.10. The van der Waals surface area contributed by atoms with Crippen LogP contribution in [0.4, 0.5) is 0 Å². The zero-order valence-electron chi connectivity index (χ0n) is 16.6. The lowest BCUT2D eigenvalue weighted by Crippen LogP contribution is -2.26. The van der Waals surface area contributed by atoms with Crippen molar-refractivity contribution in [3.8, 4) is 23.0 Å². The smallest absolute Gasteiger partial charge is 0.328 e. The largest absolute Gasteiger partial charge is 0.493 e. The third-order valence-corrected chi connectivity index (χ3v) is 3.76. The Morgan fingerprint density at radius 1 is 1.11 bits per heavy atom. The minimum atomic E-state index is -0.542. The molecule has 2 heterocycles. The van der Waals surface area contributed by atoms with Crippen molar-refractivity contribution in [1.29, 1.82) is 0 Å². The fraction of sp³-hybridized carbons (Fsp3) is 0.350. The second-order valence-corrected chi connectivity index (χ2v) is 7.10. The van der Waals surface area contributed by atoms with E-state index in [4.69, 9.17) is 18.9 Å². The van der Waals surface area contributed by atoms with E-state index in [9.17, 15) is 4.79 Å². The van der Waals surface area contributed by atoms with Crippen molar-refractivity contribution in [2.75, 3.05) is 14.2 Å². The summed E-state index contributed by atoms with van der Waals surface area (Å²) in [5, 5.41) is 4.92. The highest BCUT2D eigenvalue weighted by atomic mass is 16.6. The number of aromatic nitrogens is 3. The number of benzene rings is 1. The van der Waals surface area contributed by atoms with E-state index in [2.05, 4.69) is 10.1 Å². The van der Waals surface area contributed by atoms with Gasteiger partial charge in [-0.2, -0.15) is 5.10 Å². The van der Waals surface area contributed by atoms with Gasteiger partial charge in [-0.3, -0.25) is 14.5 Å². The van der Waals surface area contributed by atoms with Crippen molar-refractivity contribution >= 4 is 16.9 Å². The molecule has 0 aliphatic carbocycles. The van der Waals surface area contributed by atoms with Crippen LogP contribution >= 0.6 is 0 Å². The number of carbonyl (C=O) groups excluding carboxylic acids is 1. The number of hydrogen-bond acceptors (Lipinski definition) is 7. The summed E-state index contributed by atoms with van der Waals surface area (Å²) in [6.07, 6.45) is 4.82. The number of rotatable bonds is 6. The van der Waals surface area contributed by atoms with Gasteiger partial charge in [-0.25, -0.2) is 0 Å². The lowest BCUT2D eigenvalue weighted by atomic mass is 10.2. The molecule has 0 saturated carbocycles. The van der Waals surface area contributed by atoms with Gasteiger partial charge in [0.1, 0.15) is 17.9 Å². The molecule has 2 aromatic heterocycles. The summed E-state index contributed by atoms with van der Waals surface area (Å²) in [6.45, 7) is 5.46. The van der Waals surface area contributed by atoms with E-state index in [-0.39, 0.29) is 12.5 Å². The highest BCUT2D eigenvalue weighted by Gasteiger charge is 2.17. The Kier molecular flexibility index (Phi) is 5.39. The standard InChI is InChI=1S/C20H23N3O5/c1-20(2,3)28-19(24)12-23-11-13(10-22-23)27-16-6-7-21-15-9-18(26-5)17(25-4)8-14(15)16/h6-11H,12H2,1-5H3. The van der Waals surface area contributed by atoms with Crippen LogP contribution in [0.3, 0.4) is 0 Å². The summed E-state index contributed by atoms with van der Waals surface area (Å²) in [7, 11) is 3.14. The van der Waals surface area contributed by atoms with E-state index in [1.165, 1.54) is 10.9 Å². The number of fused-ring (bicyclic) bond motifs is 1. The van der Waals surface area contributed by atoms with Crippen LogP contribution in [-0.4, -0.2) is 40.6 Å². The molecule has 0 atom stereocenters. The molecule has 8 nitrogen and oxygen atoms in total. The Balaban J connectivity index is 1.82. The Hall–Kier alpha value is -3.29. The molecule has 28 heavy (non-hydrogen) atoms. The predicted octanol–water partition coefficient (Wildman–Crippen LogP) is 3.58. The number of pyridine rings is 1. The molecule has 0 saturated heterocycles. The number of esters is 1. The third kappa shape index (κ3) is 4.51. The summed E-state index contributed by atoms with van der Waals surface area (Å²) in [6, 6.07) is 5.34. The van der Waals surface area contributed by atoms with E-state index in [0.717, 1.165) is 5.39 Å². The van der Waals surface area contributed by atoms with Crippen LogP contribution in [0.2, 0.25) is 0 Å². The van der Waals surface area contributed by atoms with Crippen LogP contribution in [0.25, 0.3) is 10.9 Å². The van der Waals surface area contributed by atoms with Gasteiger partial charge in [0.2, 0.25) is 0 Å². The molecule has 0 unspecified atom stereocenters. The normalized spacial score (nSPS) is 11.3. The summed E-state index contributed by atoms with van der Waals surface area (Å²) in [4.78, 5) is 16.3. The van der Waals surface area contributed by atoms with Gasteiger partial charge in [-0.1, -0.05) is 0 Å². The van der Waals surface area contributed by atoms with Crippen LogP contribution in [0.5, 0.6) is 23.0 Å². The van der Waals surface area contributed by atoms with Crippen LogP contribution < -0.4 is 14.2 Å². The van der Waals surface area contributed by atoms with Gasteiger partial charge < -0.3 is 18.9 Å². The van der Waals surface area contributed by atoms with Crippen LogP contribution in [0.1, 0.15) is 20.8 Å². The molecule has 0 aliphatic heterocycles. The van der Waals surface area contributed by atoms with Gasteiger partial charge >= 0.3 is 5.97 Å². The highest BCUT2D eigenvalue weighted by Crippen LogP contribution is 2.36. The molecule has 148 valence electrons. The topological polar surface area (TPSA) is 84.7 Å². The summed E-state index contributed by atoms with van der Waals surface area (Å²) >= 11 is 0. The summed E-state index contributed by atoms with van der Waals surface area (Å²) < 4.78 is 23.4. The average molecular weight is 385 g/mol. The zero-order valence-corrected chi connectivity index (χ0v) is 16.6. The number of methoxy groups -OCH3 is 2. The molecular formula is C20H23N3O5. The van der Waals surface area contributed by atoms with E-state index in [0.29, 0.717) is 28.5 Å². The van der Waals surface area contributed by atoms with E-state index in [1.54, 1.807) is 38.7 Å². The Morgan fingerprint density at radius 2 is 1.82 bits per heavy atom. The lowest BCUT2D eigenvalue weighted by Gasteiger charge is -2.19. The first kappa shape index (κ1) is 19.5. The van der Waals surface area contributed by atoms with Gasteiger partial charge in [0.15, 0.2) is 17.2 Å². The van der Waals surface area contributed by atoms with Crippen LogP contribution in [0, 0.1) is 0 Å². The first-order chi connectivity index (χ1) is 13.3. The first-order valence-corrected chi connectivity index (χ1v) is 8.72. The number of ether oxygens (including phenoxy) is 4. The van der Waals surface area contributed by atoms with Crippen molar-refractivity contribution in [3.63, 3.8) is 0 Å². The van der Waals surface area contributed by atoms with Gasteiger partial charge in [-0.15, -0.1) is 0 Å². The minimum Gasteiger partial charge on any atom is -0.493 e. The number of carbonyl (C=O) groups is 1. The number of hydrogen-bond donors (Lipinski definition) is 0. The molecule has 0 N–H and O–H groups in total. The Bertz CT molecular complexity index is 991. The van der Waals surface area contributed by atoms with Gasteiger partial charge in [0, 0.05) is 17.6 Å². The molecule has 0 bridgehead atoms. The molecular weight excluding hydrogens is 362 g/mol. The average Bonchev–Trinajstić information content (AvgIpc) is 3.05. The van der Waals surface area contributed by atoms with Crippen molar-refractivity contribution < 1.29 is 23.7 Å².